The predicted octanol–water partition coefficient (Wildman–Crippen LogP) is 4.67. The number of methoxy groups -OCH3 is 1. The minimum atomic E-state index is -0.443. The van der Waals surface area contributed by atoms with Gasteiger partial charge in [0.25, 0.3) is 0 Å². The van der Waals surface area contributed by atoms with Gasteiger partial charge in [0.1, 0.15) is 5.69 Å². The summed E-state index contributed by atoms with van der Waals surface area (Å²) in [6, 6.07) is 19.7. The molecule has 0 amide bonds. The van der Waals surface area contributed by atoms with Gasteiger partial charge in [0.05, 0.1) is 18.3 Å². The molecule has 0 aliphatic carbocycles. The second-order valence-corrected chi connectivity index (χ2v) is 5.72. The van der Waals surface area contributed by atoms with Crippen LogP contribution in [0.2, 0.25) is 0 Å². The Morgan fingerprint density at radius 3 is 2.56 bits per heavy atom. The number of aromatic nitrogens is 2. The molecular weight excluding hydrogens is 312 g/mol. The Balaban J connectivity index is 1.94. The summed E-state index contributed by atoms with van der Waals surface area (Å²) in [5.41, 5.74) is 3.99. The quantitative estimate of drug-likeness (QED) is 0.556. The summed E-state index contributed by atoms with van der Waals surface area (Å²) in [7, 11) is 1.36. The van der Waals surface area contributed by atoms with Gasteiger partial charge >= 0.3 is 5.97 Å². The minimum Gasteiger partial charge on any atom is -0.464 e. The number of para-hydroxylation sites is 1. The van der Waals surface area contributed by atoms with Gasteiger partial charge in [0.15, 0.2) is 0 Å². The molecule has 0 aliphatic heterocycles. The molecule has 0 radical (unpaired) electrons. The number of H-pyrrole nitrogens is 1. The van der Waals surface area contributed by atoms with E-state index in [4.69, 9.17) is 4.74 Å². The number of fused-ring (bicyclic) bond motifs is 3. The zero-order valence-electron chi connectivity index (χ0n) is 13.7. The Labute approximate surface area is 144 Å². The molecule has 1 N–H and O–H groups in total. The van der Waals surface area contributed by atoms with E-state index in [1.54, 1.807) is 6.07 Å². The second kappa shape index (κ2) is 6.24. The van der Waals surface area contributed by atoms with Gasteiger partial charge in [-0.3, -0.25) is 0 Å². The summed E-state index contributed by atoms with van der Waals surface area (Å²) in [5, 5.41) is 2.01. The van der Waals surface area contributed by atoms with Crippen molar-refractivity contribution < 1.29 is 9.53 Å². The maximum Gasteiger partial charge on any atom is 0.356 e. The highest BCUT2D eigenvalue weighted by Crippen LogP contribution is 2.28. The molecule has 2 aromatic heterocycles. The second-order valence-electron chi connectivity index (χ2n) is 5.72. The lowest BCUT2D eigenvalue weighted by Gasteiger charge is -2.03. The average Bonchev–Trinajstić information content (AvgIpc) is 3.05. The highest BCUT2D eigenvalue weighted by atomic mass is 16.5. The van der Waals surface area contributed by atoms with Gasteiger partial charge < -0.3 is 9.72 Å². The molecule has 0 spiro atoms. The first-order chi connectivity index (χ1) is 12.3. The van der Waals surface area contributed by atoms with E-state index < -0.39 is 5.97 Å². The predicted molar refractivity (Wildman–Crippen MR) is 100 cm³/mol. The fourth-order valence-electron chi connectivity index (χ4n) is 2.94. The Kier molecular flexibility index (Phi) is 3.78. The normalized spacial score (nSPS) is 11.4. The number of aromatic amines is 1. The van der Waals surface area contributed by atoms with Crippen LogP contribution in [-0.4, -0.2) is 23.0 Å². The largest absolute Gasteiger partial charge is 0.464 e. The standard InChI is InChI=1S/C21H16N2O2/c1-25-21(24)19-13-16-15-9-5-6-10-17(15)23-20(16)18(22-19)12-11-14-7-3-2-4-8-14/h2-13,23H,1H3/b12-11-. The number of carbonyl (C=O) groups is 1. The summed E-state index contributed by atoms with van der Waals surface area (Å²) in [5.74, 6) is -0.443. The smallest absolute Gasteiger partial charge is 0.356 e. The van der Waals surface area contributed by atoms with Gasteiger partial charge in [-0.15, -0.1) is 0 Å². The molecule has 122 valence electrons. The number of ether oxygens (including phenoxy) is 1. The summed E-state index contributed by atoms with van der Waals surface area (Å²) in [4.78, 5) is 19.9. The van der Waals surface area contributed by atoms with Crippen LogP contribution >= 0.6 is 0 Å². The molecule has 0 fully saturated rings. The lowest BCUT2D eigenvalue weighted by molar-refractivity contribution is 0.0594. The Bertz CT molecular complexity index is 1090. The van der Waals surface area contributed by atoms with E-state index >= 15 is 0 Å². The van der Waals surface area contributed by atoms with Crippen molar-refractivity contribution in [1.29, 1.82) is 0 Å². The Hall–Kier alpha value is -3.40. The molecule has 0 atom stereocenters. The van der Waals surface area contributed by atoms with Gasteiger partial charge in [0, 0.05) is 16.3 Å². The summed E-state index contributed by atoms with van der Waals surface area (Å²) < 4.78 is 4.86. The van der Waals surface area contributed by atoms with Crippen molar-refractivity contribution in [3.05, 3.63) is 77.6 Å². The van der Waals surface area contributed by atoms with Gasteiger partial charge in [-0.05, 0) is 23.8 Å². The van der Waals surface area contributed by atoms with E-state index in [1.807, 2.05) is 66.7 Å². The van der Waals surface area contributed by atoms with Crippen LogP contribution in [0, 0.1) is 0 Å². The number of esters is 1. The van der Waals surface area contributed by atoms with E-state index in [9.17, 15) is 4.79 Å². The molecule has 0 bridgehead atoms. The maximum atomic E-state index is 12.0. The first-order valence-corrected chi connectivity index (χ1v) is 7.99. The molecule has 4 rings (SSSR count). The van der Waals surface area contributed by atoms with Gasteiger partial charge in [-0.1, -0.05) is 54.6 Å². The number of benzene rings is 2. The maximum absolute atomic E-state index is 12.0. The van der Waals surface area contributed by atoms with Crippen LogP contribution in [0.25, 0.3) is 34.0 Å². The third-order valence-electron chi connectivity index (χ3n) is 4.15. The van der Waals surface area contributed by atoms with Crippen molar-refractivity contribution in [1.82, 2.24) is 9.97 Å². The molecule has 25 heavy (non-hydrogen) atoms. The van der Waals surface area contributed by atoms with Crippen LogP contribution < -0.4 is 0 Å². The van der Waals surface area contributed by atoms with E-state index in [2.05, 4.69) is 9.97 Å². The van der Waals surface area contributed by atoms with Gasteiger partial charge in [-0.25, -0.2) is 9.78 Å². The van der Waals surface area contributed by atoms with Crippen LogP contribution in [0.3, 0.4) is 0 Å². The molecule has 4 heteroatoms. The first-order valence-electron chi connectivity index (χ1n) is 7.99. The third kappa shape index (κ3) is 2.78. The highest BCUT2D eigenvalue weighted by Gasteiger charge is 2.14. The number of pyridine rings is 1. The Morgan fingerprint density at radius 1 is 1.00 bits per heavy atom. The molecule has 0 saturated carbocycles. The van der Waals surface area contributed by atoms with E-state index in [-0.39, 0.29) is 0 Å². The van der Waals surface area contributed by atoms with Crippen LogP contribution in [0.5, 0.6) is 0 Å². The molecule has 4 nitrogen and oxygen atoms in total. The van der Waals surface area contributed by atoms with Crippen molar-refractivity contribution in [2.24, 2.45) is 0 Å². The van der Waals surface area contributed by atoms with Crippen molar-refractivity contribution in [2.75, 3.05) is 7.11 Å². The average molecular weight is 328 g/mol. The number of nitrogens with zero attached hydrogens (tertiary/aromatic N) is 1. The van der Waals surface area contributed by atoms with Gasteiger partial charge in [0.2, 0.25) is 0 Å². The summed E-state index contributed by atoms with van der Waals surface area (Å²) in [6.45, 7) is 0. The molecule has 2 heterocycles. The van der Waals surface area contributed by atoms with E-state index in [1.165, 1.54) is 7.11 Å². The SMILES string of the molecule is COC(=O)c1cc2c([nH]c3ccccc32)c(/C=C\c2ccccc2)n1. The Morgan fingerprint density at radius 2 is 1.76 bits per heavy atom. The number of hydrogen-bond donors (Lipinski definition) is 1. The van der Waals surface area contributed by atoms with E-state index in [0.29, 0.717) is 11.4 Å². The molecule has 4 aromatic rings. The fourth-order valence-corrected chi connectivity index (χ4v) is 2.94. The number of hydrogen-bond acceptors (Lipinski definition) is 3. The molecular formula is C21H16N2O2. The highest BCUT2D eigenvalue weighted by molar-refractivity contribution is 6.11. The zero-order valence-corrected chi connectivity index (χ0v) is 13.7. The van der Waals surface area contributed by atoms with Crippen LogP contribution in [-0.2, 0) is 4.74 Å². The van der Waals surface area contributed by atoms with E-state index in [0.717, 1.165) is 27.4 Å². The molecule has 0 aliphatic rings. The number of nitrogens with one attached hydrogen (secondary N) is 1. The van der Waals surface area contributed by atoms with Crippen molar-refractivity contribution in [3.63, 3.8) is 0 Å². The van der Waals surface area contributed by atoms with Crippen LogP contribution in [0.1, 0.15) is 21.7 Å². The molecule has 0 unspecified atom stereocenters. The minimum absolute atomic E-state index is 0.299. The fraction of sp³-hybridized carbons (Fsp3) is 0.0476. The van der Waals surface area contributed by atoms with Crippen molar-refractivity contribution in [3.8, 4) is 0 Å². The third-order valence-corrected chi connectivity index (χ3v) is 4.15. The molecule has 0 saturated heterocycles. The van der Waals surface area contributed by atoms with Crippen molar-refractivity contribution >= 4 is 39.9 Å². The van der Waals surface area contributed by atoms with Crippen molar-refractivity contribution in [2.45, 2.75) is 0 Å². The lowest BCUT2D eigenvalue weighted by atomic mass is 10.1. The molecule has 2 aromatic carbocycles. The summed E-state index contributed by atoms with van der Waals surface area (Å²) >= 11 is 0. The van der Waals surface area contributed by atoms with Gasteiger partial charge in [-0.2, -0.15) is 0 Å². The lowest BCUT2D eigenvalue weighted by Crippen LogP contribution is -2.05. The summed E-state index contributed by atoms with van der Waals surface area (Å²) in [6.07, 6.45) is 3.90. The monoisotopic (exact) mass is 328 g/mol. The number of rotatable bonds is 3. The van der Waals surface area contributed by atoms with Crippen LogP contribution in [0.4, 0.5) is 0 Å². The van der Waals surface area contributed by atoms with Crippen LogP contribution in [0.15, 0.2) is 60.7 Å². The number of carbonyl (C=O) groups excluding carboxylic acids is 1. The topological polar surface area (TPSA) is 55.0 Å². The zero-order chi connectivity index (χ0) is 17.2. The first kappa shape index (κ1) is 15.1.